The van der Waals surface area contributed by atoms with Crippen LogP contribution in [0.1, 0.15) is 5.56 Å². The average Bonchev–Trinajstić information content (AvgIpc) is 3.07. The van der Waals surface area contributed by atoms with Crippen molar-refractivity contribution in [2.75, 3.05) is 7.11 Å². The molecule has 0 saturated heterocycles. The molecular weight excluding hydrogens is 376 g/mol. The van der Waals surface area contributed by atoms with Gasteiger partial charge in [-0.1, -0.05) is 24.3 Å². The fraction of sp³-hybridized carbons (Fsp3) is 0.176. The number of esters is 1. The monoisotopic (exact) mass is 392 g/mol. The van der Waals surface area contributed by atoms with Gasteiger partial charge < -0.3 is 9.84 Å². The summed E-state index contributed by atoms with van der Waals surface area (Å²) in [7, 11) is -2.80. The number of para-hydroxylation sites is 1. The zero-order chi connectivity index (χ0) is 18.7. The standard InChI is InChI=1S/C17H16N2O5S2/c1-24-16(21)14(10-11-6-8-12(20)9-7-11)19-26(22,23)17-18-13-4-2-3-5-15(13)25-17/h2-9,14,19-20H,10H2,1H3/t14-/m0/s1. The predicted octanol–water partition coefficient (Wildman–Crippen LogP) is 2.06. The molecule has 2 aromatic carbocycles. The van der Waals surface area contributed by atoms with Crippen LogP contribution in [-0.4, -0.2) is 37.6 Å². The normalized spacial score (nSPS) is 12.8. The Labute approximate surface area is 154 Å². The predicted molar refractivity (Wildman–Crippen MR) is 97.6 cm³/mol. The third kappa shape index (κ3) is 4.01. The largest absolute Gasteiger partial charge is 0.508 e. The first-order valence-electron chi connectivity index (χ1n) is 7.63. The van der Waals surface area contributed by atoms with Crippen LogP contribution in [0, 0.1) is 0 Å². The van der Waals surface area contributed by atoms with Crippen LogP contribution in [0.5, 0.6) is 5.75 Å². The van der Waals surface area contributed by atoms with Crippen LogP contribution >= 0.6 is 11.3 Å². The van der Waals surface area contributed by atoms with Gasteiger partial charge in [-0.05, 0) is 36.2 Å². The van der Waals surface area contributed by atoms with E-state index < -0.39 is 22.0 Å². The highest BCUT2D eigenvalue weighted by Gasteiger charge is 2.29. The first-order chi connectivity index (χ1) is 12.4. The lowest BCUT2D eigenvalue weighted by molar-refractivity contribution is -0.142. The number of aromatic hydroxyl groups is 1. The summed E-state index contributed by atoms with van der Waals surface area (Å²) in [4.78, 5) is 16.2. The van der Waals surface area contributed by atoms with Crippen LogP contribution < -0.4 is 4.72 Å². The average molecular weight is 392 g/mol. The van der Waals surface area contributed by atoms with Crippen molar-refractivity contribution in [1.82, 2.24) is 9.71 Å². The molecule has 1 heterocycles. The Balaban J connectivity index is 1.87. The van der Waals surface area contributed by atoms with E-state index in [1.165, 1.54) is 19.2 Å². The van der Waals surface area contributed by atoms with E-state index in [0.29, 0.717) is 11.1 Å². The lowest BCUT2D eigenvalue weighted by Gasteiger charge is -2.15. The Bertz CT molecular complexity index is 996. The number of benzene rings is 2. The van der Waals surface area contributed by atoms with Crippen LogP contribution in [0.2, 0.25) is 0 Å². The van der Waals surface area contributed by atoms with Crippen molar-refractivity contribution in [3.05, 3.63) is 54.1 Å². The molecule has 0 amide bonds. The highest BCUT2D eigenvalue weighted by atomic mass is 32.2. The van der Waals surface area contributed by atoms with Gasteiger partial charge in [-0.25, -0.2) is 13.4 Å². The minimum absolute atomic E-state index is 0.0804. The first kappa shape index (κ1) is 18.3. The summed E-state index contributed by atoms with van der Waals surface area (Å²) in [6.45, 7) is 0. The molecule has 3 rings (SSSR count). The highest BCUT2D eigenvalue weighted by molar-refractivity contribution is 7.91. The Morgan fingerprint density at radius 3 is 2.58 bits per heavy atom. The molecule has 7 nitrogen and oxygen atoms in total. The molecule has 1 atom stereocenters. The molecule has 0 aliphatic heterocycles. The number of carbonyl (C=O) groups is 1. The highest BCUT2D eigenvalue weighted by Crippen LogP contribution is 2.25. The van der Waals surface area contributed by atoms with E-state index in [4.69, 9.17) is 4.74 Å². The number of fused-ring (bicyclic) bond motifs is 1. The number of thiazole rings is 1. The Hall–Kier alpha value is -2.49. The summed E-state index contributed by atoms with van der Waals surface area (Å²) in [5.41, 5.74) is 1.25. The molecule has 0 saturated carbocycles. The summed E-state index contributed by atoms with van der Waals surface area (Å²) in [5.74, 6) is -0.624. The summed E-state index contributed by atoms with van der Waals surface area (Å²) in [6.07, 6.45) is 0.0804. The van der Waals surface area contributed by atoms with Gasteiger partial charge in [0.1, 0.15) is 11.8 Å². The van der Waals surface area contributed by atoms with Gasteiger partial charge in [0, 0.05) is 0 Å². The van der Waals surface area contributed by atoms with Gasteiger partial charge in [0.05, 0.1) is 17.3 Å². The van der Waals surface area contributed by atoms with E-state index in [2.05, 4.69) is 9.71 Å². The van der Waals surface area contributed by atoms with Crippen LogP contribution in [-0.2, 0) is 26.0 Å². The number of hydrogen-bond donors (Lipinski definition) is 2. The van der Waals surface area contributed by atoms with Crippen molar-refractivity contribution in [3.63, 3.8) is 0 Å². The van der Waals surface area contributed by atoms with E-state index in [0.717, 1.165) is 16.0 Å². The van der Waals surface area contributed by atoms with Gasteiger partial charge in [0.15, 0.2) is 0 Å². The van der Waals surface area contributed by atoms with Crippen molar-refractivity contribution in [2.24, 2.45) is 0 Å². The summed E-state index contributed by atoms with van der Waals surface area (Å²) < 4.78 is 33.0. The zero-order valence-corrected chi connectivity index (χ0v) is 15.4. The van der Waals surface area contributed by atoms with Crippen molar-refractivity contribution in [2.45, 2.75) is 16.8 Å². The minimum atomic E-state index is -4.00. The van der Waals surface area contributed by atoms with Crippen LogP contribution in [0.15, 0.2) is 52.9 Å². The summed E-state index contributed by atoms with van der Waals surface area (Å²) in [6, 6.07) is 12.1. The molecule has 0 aliphatic carbocycles. The van der Waals surface area contributed by atoms with Gasteiger partial charge in [-0.3, -0.25) is 4.79 Å². The van der Waals surface area contributed by atoms with Gasteiger partial charge >= 0.3 is 5.97 Å². The number of nitrogens with zero attached hydrogens (tertiary/aromatic N) is 1. The SMILES string of the molecule is COC(=O)[C@H](Cc1ccc(O)cc1)NS(=O)(=O)c1nc2ccccc2s1. The number of aromatic nitrogens is 1. The van der Waals surface area contributed by atoms with Crippen molar-refractivity contribution in [3.8, 4) is 5.75 Å². The Morgan fingerprint density at radius 1 is 1.23 bits per heavy atom. The second-order valence-electron chi connectivity index (χ2n) is 5.52. The number of phenolic OH excluding ortho intramolecular Hbond substituents is 1. The number of methoxy groups -OCH3 is 1. The number of sulfonamides is 1. The lowest BCUT2D eigenvalue weighted by atomic mass is 10.1. The van der Waals surface area contributed by atoms with E-state index in [9.17, 15) is 18.3 Å². The molecule has 136 valence electrons. The Morgan fingerprint density at radius 2 is 1.92 bits per heavy atom. The maximum atomic E-state index is 12.7. The van der Waals surface area contributed by atoms with Crippen molar-refractivity contribution < 1.29 is 23.1 Å². The summed E-state index contributed by atoms with van der Waals surface area (Å²) in [5, 5.41) is 9.34. The molecule has 9 heteroatoms. The minimum Gasteiger partial charge on any atom is -0.508 e. The fourth-order valence-electron chi connectivity index (χ4n) is 2.39. The number of carbonyl (C=O) groups excluding carboxylic acids is 1. The molecule has 1 aromatic heterocycles. The van der Waals surface area contributed by atoms with E-state index >= 15 is 0 Å². The molecule has 0 bridgehead atoms. The molecule has 3 aromatic rings. The molecule has 0 fully saturated rings. The lowest BCUT2D eigenvalue weighted by Crippen LogP contribution is -2.42. The maximum Gasteiger partial charge on any atom is 0.324 e. The smallest absolute Gasteiger partial charge is 0.324 e. The van der Waals surface area contributed by atoms with E-state index in [-0.39, 0.29) is 16.5 Å². The van der Waals surface area contributed by atoms with Crippen LogP contribution in [0.4, 0.5) is 0 Å². The fourth-order valence-corrected chi connectivity index (χ4v) is 4.81. The van der Waals surface area contributed by atoms with E-state index in [1.807, 2.05) is 0 Å². The van der Waals surface area contributed by atoms with Gasteiger partial charge in [-0.2, -0.15) is 4.72 Å². The Kier molecular flexibility index (Phi) is 5.21. The van der Waals surface area contributed by atoms with Crippen LogP contribution in [0.3, 0.4) is 0 Å². The van der Waals surface area contributed by atoms with E-state index in [1.54, 1.807) is 36.4 Å². The molecule has 26 heavy (non-hydrogen) atoms. The van der Waals surface area contributed by atoms with Gasteiger partial charge in [0.2, 0.25) is 4.34 Å². The molecule has 0 unspecified atom stereocenters. The molecule has 0 aliphatic rings. The molecule has 2 N–H and O–H groups in total. The number of nitrogens with one attached hydrogen (secondary N) is 1. The third-order valence-corrected chi connectivity index (χ3v) is 6.55. The second-order valence-corrected chi connectivity index (χ2v) is 8.43. The molecule has 0 spiro atoms. The topological polar surface area (TPSA) is 106 Å². The number of ether oxygens (including phenoxy) is 1. The number of rotatable bonds is 6. The number of phenols is 1. The maximum absolute atomic E-state index is 12.7. The van der Waals surface area contributed by atoms with Gasteiger partial charge in [0.25, 0.3) is 10.0 Å². The molecular formula is C17H16N2O5S2. The third-order valence-electron chi connectivity index (χ3n) is 3.66. The zero-order valence-electron chi connectivity index (χ0n) is 13.7. The quantitative estimate of drug-likeness (QED) is 0.622. The van der Waals surface area contributed by atoms with Crippen LogP contribution in [0.25, 0.3) is 10.2 Å². The first-order valence-corrected chi connectivity index (χ1v) is 9.92. The van der Waals surface area contributed by atoms with Crippen molar-refractivity contribution >= 4 is 37.5 Å². The molecule has 0 radical (unpaired) electrons. The second kappa shape index (κ2) is 7.40. The number of hydrogen-bond acceptors (Lipinski definition) is 7. The van der Waals surface area contributed by atoms with Gasteiger partial charge in [-0.15, -0.1) is 11.3 Å². The van der Waals surface area contributed by atoms with Crippen molar-refractivity contribution in [1.29, 1.82) is 0 Å². The summed E-state index contributed by atoms with van der Waals surface area (Å²) >= 11 is 1.03.